The van der Waals surface area contributed by atoms with Gasteiger partial charge in [0.25, 0.3) is 0 Å². The summed E-state index contributed by atoms with van der Waals surface area (Å²) >= 11 is 0. The Bertz CT molecular complexity index is 2660. The fraction of sp³-hybridized carbons (Fsp3) is 0.367. The predicted molar refractivity (Wildman–Crippen MR) is 264 cm³/mol. The van der Waals surface area contributed by atoms with Crippen LogP contribution >= 0.6 is 0 Å². The maximum absolute atomic E-state index is 13.9. The summed E-state index contributed by atoms with van der Waals surface area (Å²) in [4.78, 5) is 145. The van der Waals surface area contributed by atoms with E-state index in [-0.39, 0.29) is 31.4 Å². The third-order valence-electron chi connectivity index (χ3n) is 11.3. The largest absolute Gasteiger partial charge is 0.508 e. The highest BCUT2D eigenvalue weighted by Crippen LogP contribution is 2.19. The minimum Gasteiger partial charge on any atom is -0.508 e. The van der Waals surface area contributed by atoms with Crippen LogP contribution in [0.2, 0.25) is 0 Å². The summed E-state index contributed by atoms with van der Waals surface area (Å²) in [6.45, 7) is 1.31. The summed E-state index contributed by atoms with van der Waals surface area (Å²) in [6, 6.07) is 12.1. The minimum absolute atomic E-state index is 0.0169. The van der Waals surface area contributed by atoms with Gasteiger partial charge in [0.1, 0.15) is 42.0 Å². The van der Waals surface area contributed by atoms with Crippen molar-refractivity contribution in [2.75, 3.05) is 13.1 Å². The number of carbonyl (C=O) groups is 11. The van der Waals surface area contributed by atoms with Crippen molar-refractivity contribution in [3.05, 3.63) is 102 Å². The van der Waals surface area contributed by atoms with Crippen LogP contribution in [-0.4, -0.2) is 141 Å². The van der Waals surface area contributed by atoms with Crippen molar-refractivity contribution in [3.8, 4) is 5.75 Å². The topological polar surface area (TPSA) is 413 Å². The number of primary amides is 1. The molecule has 0 saturated carbocycles. The second-order valence-electron chi connectivity index (χ2n) is 17.3. The SMILES string of the molecule is C[C@H](NC(=O)[C@H](Cc1ccccc1)NC(=O)CNC(=O)[C@H](Cc1ccc(O)cc1)NC(=O)[C@@H](C)N)C(=O)N[C@@H](Cc1c[nH]c2ccccc12)C(=O)NCC(=O)N[C@@H](CCC(N)=O)C(=O)N[C@@H](CCC(=O)O)C(=O)O. The van der Waals surface area contributed by atoms with Crippen LogP contribution in [0, 0.1) is 0 Å². The van der Waals surface area contributed by atoms with Crippen LogP contribution in [0.1, 0.15) is 56.2 Å². The number of carbonyl (C=O) groups excluding carboxylic acids is 9. The van der Waals surface area contributed by atoms with E-state index in [1.54, 1.807) is 72.9 Å². The first-order chi connectivity index (χ1) is 35.1. The summed E-state index contributed by atoms with van der Waals surface area (Å²) in [5.41, 5.74) is 13.4. The van der Waals surface area contributed by atoms with Gasteiger partial charge < -0.3 is 74.3 Å². The van der Waals surface area contributed by atoms with Crippen molar-refractivity contribution < 1.29 is 68.1 Å². The zero-order valence-electron chi connectivity index (χ0n) is 40.5. The average Bonchev–Trinajstić information content (AvgIpc) is 3.77. The highest BCUT2D eigenvalue weighted by atomic mass is 16.4. The van der Waals surface area contributed by atoms with Crippen molar-refractivity contribution in [2.24, 2.45) is 11.5 Å². The molecule has 0 aliphatic rings. The second kappa shape index (κ2) is 28.2. The van der Waals surface area contributed by atoms with E-state index < -0.39 is 140 Å². The number of benzene rings is 3. The van der Waals surface area contributed by atoms with Crippen LogP contribution in [0.15, 0.2) is 85.1 Å². The smallest absolute Gasteiger partial charge is 0.326 e. The van der Waals surface area contributed by atoms with E-state index in [4.69, 9.17) is 16.6 Å². The van der Waals surface area contributed by atoms with Crippen LogP contribution in [0.3, 0.4) is 0 Å². The van der Waals surface area contributed by atoms with Crippen LogP contribution < -0.4 is 54.0 Å². The highest BCUT2D eigenvalue weighted by molar-refractivity contribution is 5.97. The van der Waals surface area contributed by atoms with Gasteiger partial charge in [0.15, 0.2) is 0 Å². The number of para-hydroxylation sites is 1. The molecule has 1 aromatic heterocycles. The number of rotatable bonds is 29. The van der Waals surface area contributed by atoms with Crippen molar-refractivity contribution in [1.82, 2.24) is 47.5 Å². The molecule has 16 N–H and O–H groups in total. The molecule has 1 heterocycles. The first kappa shape index (κ1) is 57.7. The Kier molecular flexibility index (Phi) is 22.0. The first-order valence-corrected chi connectivity index (χ1v) is 23.3. The molecular weight excluding hydrogens is 967 g/mol. The minimum atomic E-state index is -1.66. The van der Waals surface area contributed by atoms with Crippen LogP contribution in [0.5, 0.6) is 5.75 Å². The Labute approximate surface area is 423 Å². The molecule has 0 radical (unpaired) electrons. The molecule has 74 heavy (non-hydrogen) atoms. The van der Waals surface area contributed by atoms with Gasteiger partial charge in [-0.3, -0.25) is 47.9 Å². The van der Waals surface area contributed by atoms with Crippen LogP contribution in [0.25, 0.3) is 10.9 Å². The molecule has 0 spiro atoms. The standard InChI is InChI=1S/C49H61N11O14/c1-26(50)43(67)59-36(21-29-12-14-31(61)15-13-29)45(69)53-25-41(64)57-37(20-28-8-4-3-5-9-28)48(72)55-27(2)44(68)60-38(22-30-23-52-33-11-7-6-10-32(30)33)46(70)54-24-40(63)56-34(16-18-39(51)62)47(71)58-35(49(73)74)17-19-42(65)66/h3-15,23,26-27,34-38,52,61H,16-22,24-25,50H2,1-2H3,(H2,51,62)(H,53,69)(H,54,70)(H,55,72)(H,56,63)(H,57,64)(H,58,71)(H,59,67)(H,60,68)(H,65,66)(H,73,74)/t26-,27+,34+,35+,36+,37+,38+/m1/s1. The number of hydrogen-bond acceptors (Lipinski definition) is 13. The van der Waals surface area contributed by atoms with Crippen LogP contribution in [0.4, 0.5) is 0 Å². The van der Waals surface area contributed by atoms with Crippen molar-refractivity contribution in [2.45, 2.75) is 101 Å². The molecule has 25 nitrogen and oxygen atoms in total. The van der Waals surface area contributed by atoms with Gasteiger partial charge in [-0.1, -0.05) is 60.7 Å². The van der Waals surface area contributed by atoms with Crippen molar-refractivity contribution >= 4 is 76.0 Å². The third kappa shape index (κ3) is 19.0. The van der Waals surface area contributed by atoms with E-state index >= 15 is 0 Å². The molecule has 25 heteroatoms. The zero-order valence-corrected chi connectivity index (χ0v) is 40.5. The molecule has 396 valence electrons. The Morgan fingerprint density at radius 2 is 1.04 bits per heavy atom. The lowest BCUT2D eigenvalue weighted by Crippen LogP contribution is -2.58. The number of amides is 9. The van der Waals surface area contributed by atoms with Gasteiger partial charge >= 0.3 is 11.9 Å². The number of nitrogens with two attached hydrogens (primary N) is 2. The maximum atomic E-state index is 13.9. The summed E-state index contributed by atoms with van der Waals surface area (Å²) in [6.07, 6.45) is -0.545. The lowest BCUT2D eigenvalue weighted by molar-refractivity contribution is -0.143. The number of aromatic amines is 1. The number of hydrogen-bond donors (Lipinski definition) is 14. The number of aromatic hydroxyl groups is 1. The molecule has 0 unspecified atom stereocenters. The van der Waals surface area contributed by atoms with Gasteiger partial charge in [-0.05, 0) is 61.6 Å². The van der Waals surface area contributed by atoms with Gasteiger partial charge in [0, 0.05) is 49.2 Å². The summed E-state index contributed by atoms with van der Waals surface area (Å²) in [5, 5.41) is 48.4. The van der Waals surface area contributed by atoms with Crippen LogP contribution in [-0.2, 0) is 72.0 Å². The van der Waals surface area contributed by atoms with Gasteiger partial charge in [0.05, 0.1) is 19.1 Å². The molecule has 0 aliphatic carbocycles. The number of carboxylic acids is 2. The van der Waals surface area contributed by atoms with Gasteiger partial charge in [-0.25, -0.2) is 4.79 Å². The fourth-order valence-electron chi connectivity index (χ4n) is 7.27. The molecule has 4 aromatic rings. The fourth-order valence-corrected chi connectivity index (χ4v) is 7.27. The number of nitrogens with one attached hydrogen (secondary N) is 9. The number of aliphatic carboxylic acids is 2. The molecular formula is C49H61N11O14. The van der Waals surface area contributed by atoms with E-state index in [9.17, 15) is 63.0 Å². The summed E-state index contributed by atoms with van der Waals surface area (Å²) in [7, 11) is 0. The molecule has 0 fully saturated rings. The number of H-pyrrole nitrogens is 1. The Hall–Kier alpha value is -8.87. The Morgan fingerprint density at radius 3 is 1.62 bits per heavy atom. The second-order valence-corrected chi connectivity index (χ2v) is 17.3. The molecule has 3 aromatic carbocycles. The number of phenols is 1. The van der Waals surface area contributed by atoms with Gasteiger partial charge in [-0.2, -0.15) is 0 Å². The lowest BCUT2D eigenvalue weighted by atomic mass is 10.0. The van der Waals surface area contributed by atoms with E-state index in [0.717, 1.165) is 0 Å². The van der Waals surface area contributed by atoms with E-state index in [0.29, 0.717) is 27.6 Å². The summed E-state index contributed by atoms with van der Waals surface area (Å²) in [5.74, 6) is -10.6. The van der Waals surface area contributed by atoms with E-state index in [1.165, 1.54) is 26.0 Å². The lowest BCUT2D eigenvalue weighted by Gasteiger charge is -2.24. The van der Waals surface area contributed by atoms with Gasteiger partial charge in [0.2, 0.25) is 53.2 Å². The molecule has 0 saturated heterocycles. The predicted octanol–water partition coefficient (Wildman–Crippen LogP) is -2.38. The monoisotopic (exact) mass is 1030 g/mol. The number of phenolic OH excluding ortho intramolecular Hbond substituents is 1. The number of aromatic nitrogens is 1. The zero-order chi connectivity index (χ0) is 54.5. The van der Waals surface area contributed by atoms with Crippen molar-refractivity contribution in [1.29, 1.82) is 0 Å². The van der Waals surface area contributed by atoms with E-state index in [2.05, 4.69) is 47.5 Å². The normalized spacial score (nSPS) is 13.7. The first-order valence-electron chi connectivity index (χ1n) is 23.3. The molecule has 7 atom stereocenters. The Morgan fingerprint density at radius 1 is 0.541 bits per heavy atom. The average molecular weight is 1030 g/mol. The molecule has 9 amide bonds. The molecule has 4 rings (SSSR count). The maximum Gasteiger partial charge on any atom is 0.326 e. The van der Waals surface area contributed by atoms with Crippen molar-refractivity contribution in [3.63, 3.8) is 0 Å². The molecule has 0 aliphatic heterocycles. The molecule has 0 bridgehead atoms. The van der Waals surface area contributed by atoms with E-state index in [1.807, 2.05) is 0 Å². The summed E-state index contributed by atoms with van der Waals surface area (Å²) < 4.78 is 0. The quantitative estimate of drug-likeness (QED) is 0.0270. The number of fused-ring (bicyclic) bond motifs is 1. The Balaban J connectivity index is 1.47. The van der Waals surface area contributed by atoms with Gasteiger partial charge in [-0.15, -0.1) is 0 Å². The number of carboxylic acid groups (broad SMARTS) is 2. The third-order valence-corrected chi connectivity index (χ3v) is 11.3. The highest BCUT2D eigenvalue weighted by Gasteiger charge is 2.31.